The molecule has 0 N–H and O–H groups in total. The highest BCUT2D eigenvalue weighted by Gasteiger charge is 2.17. The fourth-order valence-electron chi connectivity index (χ4n) is 0.923. The van der Waals surface area contributed by atoms with Crippen molar-refractivity contribution in [3.8, 4) is 0 Å². The summed E-state index contributed by atoms with van der Waals surface area (Å²) in [6, 6.07) is 0. The van der Waals surface area contributed by atoms with E-state index >= 15 is 0 Å². The molecule has 2 aromatic rings. The van der Waals surface area contributed by atoms with Crippen LogP contribution in [0.25, 0.3) is 11.0 Å². The van der Waals surface area contributed by atoms with Gasteiger partial charge in [0.05, 0.1) is 8.95 Å². The van der Waals surface area contributed by atoms with Gasteiger partial charge in [0.15, 0.2) is 11.0 Å². The number of nitrogens with zero attached hydrogens (tertiary/aromatic N) is 2. The Morgan fingerprint density at radius 1 is 1.15 bits per heavy atom. The van der Waals surface area contributed by atoms with Gasteiger partial charge in [0.25, 0.3) is 0 Å². The minimum atomic E-state index is -0.389. The molecule has 0 aliphatic heterocycles. The van der Waals surface area contributed by atoms with Crippen LogP contribution in [0.3, 0.4) is 0 Å². The maximum Gasteiger partial charge on any atom is 0.153 e. The summed E-state index contributed by atoms with van der Waals surface area (Å²) in [6.45, 7) is 0. The predicted molar refractivity (Wildman–Crippen MR) is 56.5 cm³/mol. The fraction of sp³-hybridized carbons (Fsp3) is 0. The molecule has 0 spiro atoms. The first-order chi connectivity index (χ1) is 6.13. The van der Waals surface area contributed by atoms with Crippen LogP contribution in [0.15, 0.2) is 13.6 Å². The van der Waals surface area contributed by atoms with Crippen molar-refractivity contribution in [3.05, 3.63) is 14.8 Å². The van der Waals surface area contributed by atoms with Crippen LogP contribution < -0.4 is 5.30 Å². The Morgan fingerprint density at radius 3 is 2.31 bits per heavy atom. The Morgan fingerprint density at radius 2 is 1.69 bits per heavy atom. The molecule has 1 atom stereocenters. The van der Waals surface area contributed by atoms with E-state index in [1.807, 2.05) is 0 Å². The van der Waals surface area contributed by atoms with Crippen LogP contribution in [-0.4, -0.2) is 10.3 Å². The normalized spacial score (nSPS) is 11.1. The average molecular weight is 328 g/mol. The second-order valence-electron chi connectivity index (χ2n) is 2.32. The highest BCUT2D eigenvalue weighted by molar-refractivity contribution is 9.11. The molecule has 0 radical (unpaired) electrons. The zero-order chi connectivity index (χ0) is 9.59. The van der Waals surface area contributed by atoms with E-state index in [9.17, 15) is 4.39 Å². The van der Waals surface area contributed by atoms with E-state index in [4.69, 9.17) is 0 Å². The van der Waals surface area contributed by atoms with Gasteiger partial charge >= 0.3 is 0 Å². The van der Waals surface area contributed by atoms with E-state index in [-0.39, 0.29) is 10.3 Å². The summed E-state index contributed by atoms with van der Waals surface area (Å²) in [5, 5.41) is 7.61. The van der Waals surface area contributed by atoms with Gasteiger partial charge in [-0.1, -0.05) is 0 Å². The van der Waals surface area contributed by atoms with Crippen LogP contribution in [0, 0.1) is 5.82 Å². The quantitative estimate of drug-likeness (QED) is 0.551. The van der Waals surface area contributed by atoms with Gasteiger partial charge in [-0.15, -0.1) is 9.24 Å². The SMILES string of the molecule is Fc1c(P)c(Br)c2nonc2c1Br. The van der Waals surface area contributed by atoms with Crippen molar-refractivity contribution in [2.45, 2.75) is 0 Å². The van der Waals surface area contributed by atoms with Crippen molar-refractivity contribution in [2.24, 2.45) is 0 Å². The van der Waals surface area contributed by atoms with Crippen LogP contribution in [0.1, 0.15) is 0 Å². The van der Waals surface area contributed by atoms with E-state index in [1.165, 1.54) is 0 Å². The fourth-order valence-corrected chi connectivity index (χ4v) is 2.32. The number of benzene rings is 1. The molecule has 2 rings (SSSR count). The molecule has 3 nitrogen and oxygen atoms in total. The lowest BCUT2D eigenvalue weighted by atomic mass is 10.3. The van der Waals surface area contributed by atoms with Crippen molar-refractivity contribution in [1.82, 2.24) is 10.3 Å². The molecule has 0 aliphatic rings. The first-order valence-corrected chi connectivity index (χ1v) is 5.33. The summed E-state index contributed by atoms with van der Waals surface area (Å²) >= 11 is 6.27. The minimum Gasteiger partial charge on any atom is -0.243 e. The topological polar surface area (TPSA) is 38.9 Å². The molecule has 0 bridgehead atoms. The van der Waals surface area contributed by atoms with E-state index in [0.717, 1.165) is 0 Å². The molecule has 0 saturated heterocycles. The zero-order valence-corrected chi connectivity index (χ0v) is 10.3. The summed E-state index contributed by atoms with van der Waals surface area (Å²) in [5.74, 6) is -0.389. The lowest BCUT2D eigenvalue weighted by molar-refractivity contribution is 0.315. The highest BCUT2D eigenvalue weighted by atomic mass is 79.9. The number of hydrogen-bond acceptors (Lipinski definition) is 3. The number of rotatable bonds is 0. The van der Waals surface area contributed by atoms with Crippen LogP contribution in [0.2, 0.25) is 0 Å². The van der Waals surface area contributed by atoms with Crippen molar-refractivity contribution in [3.63, 3.8) is 0 Å². The molecule has 0 fully saturated rings. The van der Waals surface area contributed by atoms with Crippen LogP contribution in [0.5, 0.6) is 0 Å². The summed E-state index contributed by atoms with van der Waals surface area (Å²) < 4.78 is 18.7. The molecule has 68 valence electrons. The van der Waals surface area contributed by atoms with E-state index in [2.05, 4.69) is 56.0 Å². The molecule has 0 aliphatic carbocycles. The monoisotopic (exact) mass is 326 g/mol. The van der Waals surface area contributed by atoms with Crippen molar-refractivity contribution in [2.75, 3.05) is 0 Å². The van der Waals surface area contributed by atoms with Crippen molar-refractivity contribution in [1.29, 1.82) is 0 Å². The van der Waals surface area contributed by atoms with Gasteiger partial charge < -0.3 is 0 Å². The van der Waals surface area contributed by atoms with E-state index < -0.39 is 0 Å². The zero-order valence-electron chi connectivity index (χ0n) is 6.01. The highest BCUT2D eigenvalue weighted by Crippen LogP contribution is 2.30. The summed E-state index contributed by atoms with van der Waals surface area (Å²) in [7, 11) is 2.28. The molecular weight excluding hydrogens is 326 g/mol. The number of fused-ring (bicyclic) bond motifs is 1. The van der Waals surface area contributed by atoms with Crippen molar-refractivity contribution >= 4 is 57.4 Å². The van der Waals surface area contributed by atoms with E-state index in [0.29, 0.717) is 20.8 Å². The van der Waals surface area contributed by atoms with Crippen molar-refractivity contribution < 1.29 is 9.02 Å². The van der Waals surface area contributed by atoms with Crippen LogP contribution in [-0.2, 0) is 0 Å². The van der Waals surface area contributed by atoms with Crippen LogP contribution in [0.4, 0.5) is 4.39 Å². The average Bonchev–Trinajstić information content (AvgIpc) is 2.59. The van der Waals surface area contributed by atoms with Gasteiger partial charge in [-0.05, 0) is 42.2 Å². The minimum absolute atomic E-state index is 0.261. The summed E-state index contributed by atoms with van der Waals surface area (Å²) in [4.78, 5) is 0. The number of hydrogen-bond donors (Lipinski definition) is 0. The Labute approximate surface area is 91.5 Å². The molecule has 1 heterocycles. The maximum atomic E-state index is 13.4. The molecular formula is C6H2Br2FN2OP. The standard InChI is InChI=1S/C6H2Br2FN2OP/c7-1-3(9)6(13)2(8)5-4(1)10-12-11-5/h13H2. The third-order valence-electron chi connectivity index (χ3n) is 1.57. The summed E-state index contributed by atoms with van der Waals surface area (Å²) in [5.41, 5.74) is 0.869. The predicted octanol–water partition coefficient (Wildman–Crippen LogP) is 2.39. The van der Waals surface area contributed by atoms with Gasteiger partial charge in [-0.25, -0.2) is 9.02 Å². The molecule has 1 unspecified atom stereocenters. The number of halogens is 3. The molecule has 13 heavy (non-hydrogen) atoms. The van der Waals surface area contributed by atoms with Gasteiger partial charge in [0.2, 0.25) is 0 Å². The Bertz CT molecular complexity index is 445. The van der Waals surface area contributed by atoms with Gasteiger partial charge in [0, 0.05) is 5.30 Å². The third kappa shape index (κ3) is 1.32. The maximum absolute atomic E-state index is 13.4. The molecule has 0 saturated carbocycles. The third-order valence-corrected chi connectivity index (χ3v) is 4.06. The Kier molecular flexibility index (Phi) is 2.38. The first kappa shape index (κ1) is 9.49. The first-order valence-electron chi connectivity index (χ1n) is 3.17. The number of aromatic nitrogens is 2. The van der Waals surface area contributed by atoms with Gasteiger partial charge in [-0.3, -0.25) is 0 Å². The lowest BCUT2D eigenvalue weighted by Crippen LogP contribution is -2.02. The van der Waals surface area contributed by atoms with E-state index in [1.54, 1.807) is 0 Å². The largest absolute Gasteiger partial charge is 0.243 e. The smallest absolute Gasteiger partial charge is 0.153 e. The van der Waals surface area contributed by atoms with Gasteiger partial charge in [-0.2, -0.15) is 0 Å². The van der Waals surface area contributed by atoms with Crippen LogP contribution >= 0.6 is 41.1 Å². The Balaban J connectivity index is 3.02. The molecule has 7 heteroatoms. The molecule has 0 amide bonds. The molecule has 1 aromatic heterocycles. The van der Waals surface area contributed by atoms with Gasteiger partial charge in [0.1, 0.15) is 5.82 Å². The molecule has 1 aromatic carbocycles. The second-order valence-corrected chi connectivity index (χ2v) is 4.48. The second kappa shape index (κ2) is 3.26. The lowest BCUT2D eigenvalue weighted by Gasteiger charge is -2.01. The summed E-state index contributed by atoms with van der Waals surface area (Å²) in [6.07, 6.45) is 0. The Hall–Kier alpha value is -0.0600.